The van der Waals surface area contributed by atoms with Gasteiger partial charge in [-0.3, -0.25) is 4.79 Å². The van der Waals surface area contributed by atoms with E-state index in [1.54, 1.807) is 11.3 Å². The van der Waals surface area contributed by atoms with Crippen LogP contribution in [-0.2, 0) is 0 Å². The maximum atomic E-state index is 12.5. The van der Waals surface area contributed by atoms with E-state index in [1.807, 2.05) is 25.2 Å². The number of fused-ring (bicyclic) bond motifs is 1. The third-order valence-electron chi connectivity index (χ3n) is 5.46. The molecule has 5 nitrogen and oxygen atoms in total. The van der Waals surface area contributed by atoms with Gasteiger partial charge < -0.3 is 15.3 Å². The first-order valence-electron chi connectivity index (χ1n) is 9.18. The minimum Gasteiger partial charge on any atom is -0.391 e. The number of thiazole rings is 1. The second-order valence-electron chi connectivity index (χ2n) is 7.41. The van der Waals surface area contributed by atoms with Crippen LogP contribution in [0.5, 0.6) is 0 Å². The zero-order valence-electron chi connectivity index (χ0n) is 14.6. The summed E-state index contributed by atoms with van der Waals surface area (Å²) in [5, 5.41) is 14.5. The molecule has 2 unspecified atom stereocenters. The van der Waals surface area contributed by atoms with Crippen molar-refractivity contribution in [3.8, 4) is 0 Å². The number of nitrogens with zero attached hydrogens (tertiary/aromatic N) is 2. The molecule has 2 heterocycles. The van der Waals surface area contributed by atoms with Crippen LogP contribution in [0.1, 0.15) is 53.4 Å². The number of likely N-dealkylation sites (tertiary alicyclic amines) is 1. The average Bonchev–Trinajstić information content (AvgIpc) is 3.23. The number of amides is 1. The van der Waals surface area contributed by atoms with Crippen molar-refractivity contribution in [3.05, 3.63) is 28.8 Å². The number of benzene rings is 1. The van der Waals surface area contributed by atoms with Crippen molar-refractivity contribution in [3.63, 3.8) is 0 Å². The van der Waals surface area contributed by atoms with E-state index in [0.717, 1.165) is 41.0 Å². The Kier molecular flexibility index (Phi) is 4.75. The summed E-state index contributed by atoms with van der Waals surface area (Å²) in [5.41, 5.74) is 1.63. The topological polar surface area (TPSA) is 65.5 Å². The van der Waals surface area contributed by atoms with Gasteiger partial charge >= 0.3 is 0 Å². The predicted molar refractivity (Wildman–Crippen MR) is 100 cm³/mol. The highest BCUT2D eigenvalue weighted by Gasteiger charge is 2.29. The number of hydrogen-bond acceptors (Lipinski definition) is 5. The first-order chi connectivity index (χ1) is 12.1. The molecule has 4 rings (SSSR count). The molecule has 0 bridgehead atoms. The summed E-state index contributed by atoms with van der Waals surface area (Å²) in [6, 6.07) is 6.07. The quantitative estimate of drug-likeness (QED) is 0.884. The van der Waals surface area contributed by atoms with Crippen LogP contribution in [0.3, 0.4) is 0 Å². The Balaban J connectivity index is 1.53. The highest BCUT2D eigenvalue weighted by atomic mass is 32.1. The van der Waals surface area contributed by atoms with Gasteiger partial charge in [0.2, 0.25) is 0 Å². The number of aromatic nitrogens is 1. The molecule has 1 aliphatic heterocycles. The Bertz CT molecular complexity index is 769. The first-order valence-corrected chi connectivity index (χ1v) is 10.00. The lowest BCUT2D eigenvalue weighted by Crippen LogP contribution is -2.40. The highest BCUT2D eigenvalue weighted by Crippen LogP contribution is 2.34. The lowest BCUT2D eigenvalue weighted by Gasteiger charge is -2.32. The van der Waals surface area contributed by atoms with Crippen molar-refractivity contribution in [2.75, 3.05) is 20.1 Å². The van der Waals surface area contributed by atoms with Crippen LogP contribution in [0.25, 0.3) is 10.2 Å². The van der Waals surface area contributed by atoms with Gasteiger partial charge in [0, 0.05) is 24.1 Å². The molecule has 0 spiro atoms. The van der Waals surface area contributed by atoms with Gasteiger partial charge in [-0.15, -0.1) is 11.3 Å². The minimum atomic E-state index is -0.371. The van der Waals surface area contributed by atoms with Gasteiger partial charge in [0.05, 0.1) is 21.3 Å². The van der Waals surface area contributed by atoms with Crippen LogP contribution < -0.4 is 5.32 Å². The van der Waals surface area contributed by atoms with Gasteiger partial charge in [0.15, 0.2) is 0 Å². The van der Waals surface area contributed by atoms with Gasteiger partial charge in [-0.1, -0.05) is 12.8 Å². The monoisotopic (exact) mass is 359 g/mol. The SMILES string of the molecule is CN1CCC(c2nc3ccc(C(=O)NC4CCCC4)cc3s2)C(O)C1. The molecule has 2 N–H and O–H groups in total. The molecule has 2 aliphatic rings. The van der Waals surface area contributed by atoms with Gasteiger partial charge in [0.1, 0.15) is 0 Å². The fraction of sp³-hybridized carbons (Fsp3) is 0.579. The van der Waals surface area contributed by atoms with E-state index in [-0.39, 0.29) is 17.9 Å². The lowest BCUT2D eigenvalue weighted by molar-refractivity contribution is 0.0638. The normalized spacial score (nSPS) is 25.5. The first kappa shape index (κ1) is 16.9. The van der Waals surface area contributed by atoms with E-state index in [1.165, 1.54) is 12.8 Å². The van der Waals surface area contributed by atoms with E-state index >= 15 is 0 Å². The molecule has 25 heavy (non-hydrogen) atoms. The molecule has 134 valence electrons. The summed E-state index contributed by atoms with van der Waals surface area (Å²) in [7, 11) is 2.03. The number of rotatable bonds is 3. The van der Waals surface area contributed by atoms with Crippen LogP contribution in [-0.4, -0.2) is 53.2 Å². The second kappa shape index (κ2) is 7.02. The van der Waals surface area contributed by atoms with E-state index in [0.29, 0.717) is 18.2 Å². The molecule has 1 saturated heterocycles. The third kappa shape index (κ3) is 3.57. The fourth-order valence-electron chi connectivity index (χ4n) is 3.96. The van der Waals surface area contributed by atoms with Crippen molar-refractivity contribution < 1.29 is 9.90 Å². The Morgan fingerprint density at radius 3 is 2.88 bits per heavy atom. The van der Waals surface area contributed by atoms with E-state index in [9.17, 15) is 9.90 Å². The number of β-amino-alcohol motifs (C(OH)–C–C–N with tert-alkyl or cyclic N) is 1. The number of nitrogens with one attached hydrogen (secondary N) is 1. The van der Waals surface area contributed by atoms with Crippen LogP contribution in [0.15, 0.2) is 18.2 Å². The van der Waals surface area contributed by atoms with Crippen LogP contribution in [0.2, 0.25) is 0 Å². The molecule has 1 aromatic carbocycles. The number of aliphatic hydroxyl groups is 1. The average molecular weight is 359 g/mol. The molecule has 0 radical (unpaired) electrons. The molecule has 1 amide bonds. The molecule has 1 aliphatic carbocycles. The van der Waals surface area contributed by atoms with E-state index < -0.39 is 0 Å². The predicted octanol–water partition coefficient (Wildman–Crippen LogP) is 2.75. The maximum absolute atomic E-state index is 12.5. The van der Waals surface area contributed by atoms with Crippen molar-refractivity contribution in [1.82, 2.24) is 15.2 Å². The smallest absolute Gasteiger partial charge is 0.251 e. The van der Waals surface area contributed by atoms with Crippen LogP contribution >= 0.6 is 11.3 Å². The molecule has 2 aromatic rings. The molecule has 1 aromatic heterocycles. The van der Waals surface area contributed by atoms with Crippen molar-refractivity contribution in [1.29, 1.82) is 0 Å². The van der Waals surface area contributed by atoms with Gasteiger partial charge in [-0.2, -0.15) is 0 Å². The number of carbonyl (C=O) groups is 1. The number of carbonyl (C=O) groups excluding carboxylic acids is 1. The Labute approximate surface area is 152 Å². The largest absolute Gasteiger partial charge is 0.391 e. The third-order valence-corrected chi connectivity index (χ3v) is 6.61. The number of piperidine rings is 1. The summed E-state index contributed by atoms with van der Waals surface area (Å²) in [6.45, 7) is 1.67. The highest BCUT2D eigenvalue weighted by molar-refractivity contribution is 7.18. The summed E-state index contributed by atoms with van der Waals surface area (Å²) in [4.78, 5) is 19.3. The summed E-state index contributed by atoms with van der Waals surface area (Å²) >= 11 is 1.61. The number of hydrogen-bond donors (Lipinski definition) is 2. The second-order valence-corrected chi connectivity index (χ2v) is 8.48. The number of aliphatic hydroxyl groups excluding tert-OH is 1. The van der Waals surface area contributed by atoms with Crippen LogP contribution in [0, 0.1) is 0 Å². The maximum Gasteiger partial charge on any atom is 0.251 e. The Morgan fingerprint density at radius 1 is 1.32 bits per heavy atom. The van der Waals surface area contributed by atoms with Crippen molar-refractivity contribution in [2.45, 2.75) is 50.2 Å². The zero-order valence-corrected chi connectivity index (χ0v) is 15.4. The molecule has 6 heteroatoms. The lowest BCUT2D eigenvalue weighted by atomic mass is 9.95. The molecular formula is C19H25N3O2S. The van der Waals surface area contributed by atoms with Gasteiger partial charge in [0.25, 0.3) is 5.91 Å². The number of likely N-dealkylation sites (N-methyl/N-ethyl adjacent to an activating group) is 1. The molecular weight excluding hydrogens is 334 g/mol. The van der Waals surface area contributed by atoms with Crippen molar-refractivity contribution in [2.24, 2.45) is 0 Å². The van der Waals surface area contributed by atoms with Gasteiger partial charge in [-0.25, -0.2) is 4.98 Å². The fourth-order valence-corrected chi connectivity index (χ4v) is 5.16. The summed E-state index contributed by atoms with van der Waals surface area (Å²) < 4.78 is 1.03. The molecule has 2 atom stereocenters. The molecule has 2 fully saturated rings. The summed E-state index contributed by atoms with van der Waals surface area (Å²) in [5.74, 6) is 0.118. The van der Waals surface area contributed by atoms with Crippen molar-refractivity contribution >= 4 is 27.5 Å². The summed E-state index contributed by atoms with van der Waals surface area (Å²) in [6.07, 6.45) is 5.15. The van der Waals surface area contributed by atoms with E-state index in [2.05, 4.69) is 10.2 Å². The zero-order chi connectivity index (χ0) is 17.4. The van der Waals surface area contributed by atoms with Gasteiger partial charge in [-0.05, 0) is 51.1 Å². The minimum absolute atomic E-state index is 0.0167. The molecule has 1 saturated carbocycles. The Hall–Kier alpha value is -1.50. The van der Waals surface area contributed by atoms with Crippen LogP contribution in [0.4, 0.5) is 0 Å². The van der Waals surface area contributed by atoms with E-state index in [4.69, 9.17) is 4.98 Å². The Morgan fingerprint density at radius 2 is 2.12 bits per heavy atom. The standard InChI is InChI=1S/C19H25N3O2S/c1-22-9-8-14(16(23)11-22)19-21-15-7-6-12(10-17(15)25-19)18(24)20-13-4-2-3-5-13/h6-7,10,13-14,16,23H,2-5,8-9,11H2,1H3,(H,20,24).